The first-order chi connectivity index (χ1) is 7.79. The first kappa shape index (κ1) is 10.3. The van der Waals surface area contributed by atoms with E-state index in [2.05, 4.69) is 0 Å². The van der Waals surface area contributed by atoms with E-state index in [9.17, 15) is 10.2 Å². The minimum Gasteiger partial charge on any atom is -0.481 e. The second-order valence-corrected chi connectivity index (χ2v) is 3.43. The van der Waals surface area contributed by atoms with Gasteiger partial charge in [-0.3, -0.25) is 0 Å². The molecule has 16 heavy (non-hydrogen) atoms. The minimum atomic E-state index is -0.655. The molecule has 0 aliphatic carbocycles. The van der Waals surface area contributed by atoms with E-state index in [4.69, 9.17) is 0 Å². The Morgan fingerprint density at radius 2 is 1.00 bits per heavy atom. The molecule has 0 bridgehead atoms. The normalized spacial score (nSPS) is 9.75. The summed E-state index contributed by atoms with van der Waals surface area (Å²) in [6.45, 7) is 0. The average Bonchev–Trinajstić information content (AvgIpc) is 2.31. The molecule has 0 saturated heterocycles. The summed E-state index contributed by atoms with van der Waals surface area (Å²) in [4.78, 5) is 0. The van der Waals surface area contributed by atoms with Crippen LogP contribution < -0.4 is 0 Å². The number of rotatable bonds is 2. The van der Waals surface area contributed by atoms with Crippen LogP contribution in [-0.4, -0.2) is 10.2 Å². The Labute approximate surface area is 94.1 Å². The molecular weight excluding hydrogens is 200 g/mol. The van der Waals surface area contributed by atoms with E-state index in [0.29, 0.717) is 5.57 Å². The highest BCUT2D eigenvalue weighted by atomic mass is 16.5. The Morgan fingerprint density at radius 3 is 1.31 bits per heavy atom. The van der Waals surface area contributed by atoms with E-state index >= 15 is 0 Å². The summed E-state index contributed by atoms with van der Waals surface area (Å²) in [5, 5.41) is 18.7. The molecule has 0 aromatic heterocycles. The fourth-order valence-corrected chi connectivity index (χ4v) is 1.63. The van der Waals surface area contributed by atoms with Gasteiger partial charge < -0.3 is 10.2 Å². The molecule has 0 unspecified atom stereocenters. The molecule has 2 nitrogen and oxygen atoms in total. The number of hydrogen-bond acceptors (Lipinski definition) is 2. The van der Waals surface area contributed by atoms with E-state index in [-0.39, 0.29) is 0 Å². The van der Waals surface area contributed by atoms with Crippen molar-refractivity contribution in [2.24, 2.45) is 0 Å². The fourth-order valence-electron chi connectivity index (χ4n) is 1.63. The van der Waals surface area contributed by atoms with Crippen LogP contribution in [0.5, 0.6) is 0 Å². The lowest BCUT2D eigenvalue weighted by Gasteiger charge is -2.07. The topological polar surface area (TPSA) is 40.5 Å². The number of hydrogen-bond donors (Lipinski definition) is 2. The molecule has 2 rings (SSSR count). The Balaban J connectivity index is 2.54. The molecule has 0 spiro atoms. The molecule has 0 atom stereocenters. The molecule has 2 N–H and O–H groups in total. The third-order valence-electron chi connectivity index (χ3n) is 2.35. The van der Waals surface area contributed by atoms with Gasteiger partial charge in [0.2, 0.25) is 0 Å². The number of benzene rings is 2. The molecule has 0 saturated carbocycles. The first-order valence-corrected chi connectivity index (χ1v) is 5.02. The summed E-state index contributed by atoms with van der Waals surface area (Å²) in [5.74, 6) is -0.655. The van der Waals surface area contributed by atoms with Crippen molar-refractivity contribution in [3.05, 3.63) is 77.7 Å². The van der Waals surface area contributed by atoms with Gasteiger partial charge in [-0.25, -0.2) is 0 Å². The monoisotopic (exact) mass is 212 g/mol. The predicted octanol–water partition coefficient (Wildman–Crippen LogP) is 3.52. The van der Waals surface area contributed by atoms with Crippen molar-refractivity contribution >= 4 is 5.57 Å². The van der Waals surface area contributed by atoms with Crippen LogP contribution >= 0.6 is 0 Å². The SMILES string of the molecule is OC(O)=C(c1ccccc1)c1ccccc1. The van der Waals surface area contributed by atoms with Crippen LogP contribution in [0.4, 0.5) is 0 Å². The van der Waals surface area contributed by atoms with Crippen molar-refractivity contribution in [2.75, 3.05) is 0 Å². The zero-order chi connectivity index (χ0) is 11.4. The highest BCUT2D eigenvalue weighted by Gasteiger charge is 2.09. The Hall–Kier alpha value is -2.22. The molecule has 0 amide bonds. The van der Waals surface area contributed by atoms with Gasteiger partial charge in [-0.05, 0) is 11.1 Å². The van der Waals surface area contributed by atoms with Crippen LogP contribution in [0.3, 0.4) is 0 Å². The van der Waals surface area contributed by atoms with Gasteiger partial charge in [0.05, 0.1) is 5.57 Å². The molecule has 2 heteroatoms. The van der Waals surface area contributed by atoms with Gasteiger partial charge in [0.25, 0.3) is 5.95 Å². The van der Waals surface area contributed by atoms with Gasteiger partial charge in [-0.2, -0.15) is 0 Å². The van der Waals surface area contributed by atoms with Crippen molar-refractivity contribution in [2.45, 2.75) is 0 Å². The summed E-state index contributed by atoms with van der Waals surface area (Å²) in [6, 6.07) is 18.6. The Kier molecular flexibility index (Phi) is 2.92. The van der Waals surface area contributed by atoms with Crippen molar-refractivity contribution in [3.8, 4) is 0 Å². The van der Waals surface area contributed by atoms with Gasteiger partial charge in [-0.1, -0.05) is 60.7 Å². The molecule has 0 aliphatic heterocycles. The van der Waals surface area contributed by atoms with Crippen LogP contribution in [-0.2, 0) is 0 Å². The average molecular weight is 212 g/mol. The van der Waals surface area contributed by atoms with Crippen LogP contribution in [0.1, 0.15) is 11.1 Å². The predicted molar refractivity (Wildman–Crippen MR) is 64.2 cm³/mol. The highest BCUT2D eigenvalue weighted by Crippen LogP contribution is 2.24. The summed E-state index contributed by atoms with van der Waals surface area (Å²) in [5.41, 5.74) is 2.02. The van der Waals surface area contributed by atoms with Gasteiger partial charge >= 0.3 is 0 Å². The van der Waals surface area contributed by atoms with E-state index in [1.54, 1.807) is 0 Å². The van der Waals surface area contributed by atoms with E-state index in [1.807, 2.05) is 60.7 Å². The molecule has 2 aromatic carbocycles. The summed E-state index contributed by atoms with van der Waals surface area (Å²) >= 11 is 0. The standard InChI is InChI=1S/C14H12O2/c15-14(16)13(11-7-3-1-4-8-11)12-9-5-2-6-10-12/h1-10,15-16H. The Morgan fingerprint density at radius 1 is 0.625 bits per heavy atom. The van der Waals surface area contributed by atoms with E-state index in [1.165, 1.54) is 0 Å². The second-order valence-electron chi connectivity index (χ2n) is 3.43. The first-order valence-electron chi connectivity index (χ1n) is 5.02. The maximum absolute atomic E-state index is 9.35. The molecule has 0 aliphatic rings. The van der Waals surface area contributed by atoms with Crippen LogP contribution in [0.25, 0.3) is 5.57 Å². The zero-order valence-corrected chi connectivity index (χ0v) is 8.67. The second kappa shape index (κ2) is 4.53. The fraction of sp³-hybridized carbons (Fsp3) is 0. The highest BCUT2D eigenvalue weighted by molar-refractivity contribution is 5.79. The molecule has 0 heterocycles. The third-order valence-corrected chi connectivity index (χ3v) is 2.35. The van der Waals surface area contributed by atoms with Crippen LogP contribution in [0, 0.1) is 0 Å². The molecule has 0 radical (unpaired) electrons. The van der Waals surface area contributed by atoms with Crippen molar-refractivity contribution < 1.29 is 10.2 Å². The lowest BCUT2D eigenvalue weighted by Crippen LogP contribution is -1.93. The molecule has 2 aromatic rings. The molecule has 80 valence electrons. The minimum absolute atomic E-state index is 0.446. The van der Waals surface area contributed by atoms with Gasteiger partial charge in [0.15, 0.2) is 0 Å². The summed E-state index contributed by atoms with van der Waals surface area (Å²) < 4.78 is 0. The lowest BCUT2D eigenvalue weighted by atomic mass is 9.99. The number of aliphatic hydroxyl groups is 2. The summed E-state index contributed by atoms with van der Waals surface area (Å²) in [6.07, 6.45) is 0. The lowest BCUT2D eigenvalue weighted by molar-refractivity contribution is 0.194. The number of aliphatic hydroxyl groups excluding tert-OH is 1. The van der Waals surface area contributed by atoms with Crippen LogP contribution in [0.2, 0.25) is 0 Å². The van der Waals surface area contributed by atoms with Gasteiger partial charge in [0.1, 0.15) is 0 Å². The Bertz CT molecular complexity index is 441. The largest absolute Gasteiger partial charge is 0.481 e. The quantitative estimate of drug-likeness (QED) is 0.748. The van der Waals surface area contributed by atoms with Crippen molar-refractivity contribution in [1.29, 1.82) is 0 Å². The zero-order valence-electron chi connectivity index (χ0n) is 8.67. The van der Waals surface area contributed by atoms with Gasteiger partial charge in [-0.15, -0.1) is 0 Å². The van der Waals surface area contributed by atoms with Crippen molar-refractivity contribution in [3.63, 3.8) is 0 Å². The maximum atomic E-state index is 9.35. The third kappa shape index (κ3) is 2.06. The van der Waals surface area contributed by atoms with E-state index < -0.39 is 5.95 Å². The van der Waals surface area contributed by atoms with Crippen molar-refractivity contribution in [1.82, 2.24) is 0 Å². The smallest absolute Gasteiger partial charge is 0.282 e. The van der Waals surface area contributed by atoms with Gasteiger partial charge in [0, 0.05) is 0 Å². The van der Waals surface area contributed by atoms with E-state index in [0.717, 1.165) is 11.1 Å². The summed E-state index contributed by atoms with van der Waals surface area (Å²) in [7, 11) is 0. The molecular formula is C14H12O2. The van der Waals surface area contributed by atoms with Crippen LogP contribution in [0.15, 0.2) is 66.6 Å². The molecule has 0 fully saturated rings. The maximum Gasteiger partial charge on any atom is 0.282 e.